The molecule has 2 rings (SSSR count). The van der Waals surface area contributed by atoms with Gasteiger partial charge in [0.2, 0.25) is 0 Å². The molecule has 1 aliphatic carbocycles. The fourth-order valence-electron chi connectivity index (χ4n) is 3.17. The third kappa shape index (κ3) is 5.15. The molecule has 2 aliphatic rings. The van der Waals surface area contributed by atoms with Gasteiger partial charge in [0.05, 0.1) is 6.10 Å². The first-order chi connectivity index (χ1) is 9.97. The van der Waals surface area contributed by atoms with E-state index in [2.05, 4.69) is 24.1 Å². The number of amides is 2. The molecule has 1 unspecified atom stereocenters. The summed E-state index contributed by atoms with van der Waals surface area (Å²) in [6.07, 6.45) is 4.24. The van der Waals surface area contributed by atoms with Crippen LogP contribution in [0.2, 0.25) is 0 Å². The molecule has 2 fully saturated rings. The Labute approximate surface area is 128 Å². The van der Waals surface area contributed by atoms with Crippen LogP contribution < -0.4 is 5.32 Å². The van der Waals surface area contributed by atoms with E-state index in [1.54, 1.807) is 11.9 Å². The number of hydrogen-bond acceptors (Lipinski definition) is 3. The Hall–Kier alpha value is -0.810. The van der Waals surface area contributed by atoms with E-state index < -0.39 is 0 Å². The summed E-state index contributed by atoms with van der Waals surface area (Å²) < 4.78 is 0. The normalized spacial score (nSPS) is 24.3. The Morgan fingerprint density at radius 1 is 1.38 bits per heavy atom. The maximum absolute atomic E-state index is 12.1. The Kier molecular flexibility index (Phi) is 5.88. The lowest BCUT2D eigenvalue weighted by Gasteiger charge is -2.27. The molecule has 2 N–H and O–H groups in total. The maximum atomic E-state index is 12.1. The largest absolute Gasteiger partial charge is 0.391 e. The van der Waals surface area contributed by atoms with Crippen molar-refractivity contribution < 1.29 is 9.90 Å². The predicted molar refractivity (Wildman–Crippen MR) is 84.2 cm³/mol. The highest BCUT2D eigenvalue weighted by atomic mass is 16.3. The SMILES string of the molecule is CC(C)CN1CCC[C@H]1CNC(=O)N(C)CC(O)C1CC1. The molecule has 0 aromatic carbocycles. The van der Waals surface area contributed by atoms with Crippen molar-refractivity contribution in [3.05, 3.63) is 0 Å². The molecule has 5 nitrogen and oxygen atoms in total. The Balaban J connectivity index is 1.69. The second-order valence-corrected chi connectivity index (χ2v) is 7.16. The van der Waals surface area contributed by atoms with Crippen LogP contribution in [-0.2, 0) is 0 Å². The van der Waals surface area contributed by atoms with Crippen molar-refractivity contribution in [1.82, 2.24) is 15.1 Å². The summed E-state index contributed by atoms with van der Waals surface area (Å²) in [5, 5.41) is 12.9. The summed E-state index contributed by atoms with van der Waals surface area (Å²) in [4.78, 5) is 16.2. The summed E-state index contributed by atoms with van der Waals surface area (Å²) in [7, 11) is 1.77. The summed E-state index contributed by atoms with van der Waals surface area (Å²) in [5.41, 5.74) is 0. The lowest BCUT2D eigenvalue weighted by atomic mass is 10.1. The second kappa shape index (κ2) is 7.45. The van der Waals surface area contributed by atoms with E-state index in [0.29, 0.717) is 24.4 Å². The van der Waals surface area contributed by atoms with Gasteiger partial charge in [-0.15, -0.1) is 0 Å². The van der Waals surface area contributed by atoms with E-state index in [1.165, 1.54) is 12.8 Å². The number of carbonyl (C=O) groups excluding carboxylic acids is 1. The van der Waals surface area contributed by atoms with Gasteiger partial charge in [-0.1, -0.05) is 13.8 Å². The van der Waals surface area contributed by atoms with Crippen LogP contribution >= 0.6 is 0 Å². The molecule has 122 valence electrons. The zero-order valence-electron chi connectivity index (χ0n) is 13.7. The van der Waals surface area contributed by atoms with Crippen LogP contribution in [-0.4, -0.2) is 66.3 Å². The van der Waals surface area contributed by atoms with Crippen molar-refractivity contribution in [3.63, 3.8) is 0 Å². The Morgan fingerprint density at radius 3 is 2.71 bits per heavy atom. The van der Waals surface area contributed by atoms with Crippen molar-refractivity contribution in [2.45, 2.75) is 51.7 Å². The van der Waals surface area contributed by atoms with Crippen molar-refractivity contribution in [2.24, 2.45) is 11.8 Å². The first kappa shape index (κ1) is 16.6. The molecule has 5 heteroatoms. The van der Waals surface area contributed by atoms with Crippen molar-refractivity contribution in [2.75, 3.05) is 33.2 Å². The maximum Gasteiger partial charge on any atom is 0.317 e. The number of nitrogens with one attached hydrogen (secondary N) is 1. The van der Waals surface area contributed by atoms with Gasteiger partial charge in [0.25, 0.3) is 0 Å². The first-order valence-corrected chi connectivity index (χ1v) is 8.38. The van der Waals surface area contributed by atoms with Crippen molar-refractivity contribution in [3.8, 4) is 0 Å². The van der Waals surface area contributed by atoms with Gasteiger partial charge in [-0.3, -0.25) is 4.90 Å². The monoisotopic (exact) mass is 297 g/mol. The highest BCUT2D eigenvalue weighted by Crippen LogP contribution is 2.32. The molecule has 0 aromatic rings. The van der Waals surface area contributed by atoms with Gasteiger partial charge in [0.1, 0.15) is 0 Å². The van der Waals surface area contributed by atoms with Crippen molar-refractivity contribution >= 4 is 6.03 Å². The van der Waals surface area contributed by atoms with Crippen LogP contribution in [0.15, 0.2) is 0 Å². The van der Waals surface area contributed by atoms with E-state index in [-0.39, 0.29) is 12.1 Å². The van der Waals surface area contributed by atoms with Crippen LogP contribution in [0.1, 0.15) is 39.5 Å². The smallest absolute Gasteiger partial charge is 0.317 e. The molecular formula is C16H31N3O2. The lowest BCUT2D eigenvalue weighted by Crippen LogP contribution is -2.47. The average molecular weight is 297 g/mol. The number of nitrogens with zero attached hydrogens (tertiary/aromatic N) is 2. The molecule has 0 bridgehead atoms. The molecule has 2 atom stereocenters. The second-order valence-electron chi connectivity index (χ2n) is 7.16. The van der Waals surface area contributed by atoms with Gasteiger partial charge in [-0.25, -0.2) is 4.79 Å². The Bertz CT molecular complexity index is 344. The molecule has 2 amide bonds. The van der Waals surface area contributed by atoms with Crippen LogP contribution in [0.5, 0.6) is 0 Å². The minimum absolute atomic E-state index is 0.0638. The zero-order chi connectivity index (χ0) is 15.4. The number of hydrogen-bond donors (Lipinski definition) is 2. The number of rotatable bonds is 7. The number of urea groups is 1. The summed E-state index contributed by atoms with van der Waals surface area (Å²) in [6, 6.07) is 0.407. The Morgan fingerprint density at radius 2 is 2.10 bits per heavy atom. The van der Waals surface area contributed by atoms with Gasteiger partial charge in [-0.2, -0.15) is 0 Å². The molecule has 21 heavy (non-hydrogen) atoms. The van der Waals surface area contributed by atoms with Gasteiger partial charge < -0.3 is 15.3 Å². The minimum Gasteiger partial charge on any atom is -0.391 e. The van der Waals surface area contributed by atoms with E-state index >= 15 is 0 Å². The quantitative estimate of drug-likeness (QED) is 0.749. The summed E-state index contributed by atoms with van der Waals surface area (Å²) in [5.74, 6) is 1.08. The molecule has 0 radical (unpaired) electrons. The molecule has 1 heterocycles. The van der Waals surface area contributed by atoms with Gasteiger partial charge in [0, 0.05) is 32.7 Å². The molecular weight excluding hydrogens is 266 g/mol. The molecule has 0 spiro atoms. The van der Waals surface area contributed by atoms with E-state index in [9.17, 15) is 9.90 Å². The van der Waals surface area contributed by atoms with E-state index in [0.717, 1.165) is 32.5 Å². The average Bonchev–Trinajstić information content (AvgIpc) is 3.18. The topological polar surface area (TPSA) is 55.8 Å². The van der Waals surface area contributed by atoms with Gasteiger partial charge in [-0.05, 0) is 44.1 Å². The third-order valence-corrected chi connectivity index (χ3v) is 4.56. The van der Waals surface area contributed by atoms with Gasteiger partial charge >= 0.3 is 6.03 Å². The fraction of sp³-hybridized carbons (Fsp3) is 0.938. The predicted octanol–water partition coefficient (Wildman–Crippen LogP) is 1.52. The highest BCUT2D eigenvalue weighted by Gasteiger charge is 2.31. The van der Waals surface area contributed by atoms with Crippen LogP contribution in [0.25, 0.3) is 0 Å². The summed E-state index contributed by atoms with van der Waals surface area (Å²) in [6.45, 7) is 7.89. The van der Waals surface area contributed by atoms with Crippen LogP contribution in [0.4, 0.5) is 4.79 Å². The minimum atomic E-state index is -0.357. The molecule has 1 saturated heterocycles. The standard InChI is InChI=1S/C16H31N3O2/c1-12(2)10-19-8-4-5-14(19)9-17-16(21)18(3)11-15(20)13-6-7-13/h12-15,20H,4-11H2,1-3H3,(H,17,21)/t14-,15?/m0/s1. The zero-order valence-corrected chi connectivity index (χ0v) is 13.7. The molecule has 1 saturated carbocycles. The summed E-state index contributed by atoms with van der Waals surface area (Å²) >= 11 is 0. The van der Waals surface area contributed by atoms with Gasteiger partial charge in [0.15, 0.2) is 0 Å². The van der Waals surface area contributed by atoms with Crippen molar-refractivity contribution in [1.29, 1.82) is 0 Å². The molecule has 0 aromatic heterocycles. The number of carbonyl (C=O) groups is 1. The van der Waals surface area contributed by atoms with Crippen LogP contribution in [0.3, 0.4) is 0 Å². The number of likely N-dealkylation sites (tertiary alicyclic amines) is 1. The first-order valence-electron chi connectivity index (χ1n) is 8.38. The molecule has 1 aliphatic heterocycles. The highest BCUT2D eigenvalue weighted by molar-refractivity contribution is 5.73. The lowest BCUT2D eigenvalue weighted by molar-refractivity contribution is 0.112. The number of aliphatic hydroxyl groups excluding tert-OH is 1. The van der Waals surface area contributed by atoms with E-state index in [4.69, 9.17) is 0 Å². The third-order valence-electron chi connectivity index (χ3n) is 4.56. The number of aliphatic hydroxyl groups is 1. The fourth-order valence-corrected chi connectivity index (χ4v) is 3.17. The number of likely N-dealkylation sites (N-methyl/N-ethyl adjacent to an activating group) is 1. The van der Waals surface area contributed by atoms with E-state index in [1.807, 2.05) is 0 Å². The van der Waals surface area contributed by atoms with Crippen LogP contribution in [0, 0.1) is 11.8 Å².